The lowest BCUT2D eigenvalue weighted by Crippen LogP contribution is -2.52. The minimum Gasteiger partial charge on any atom is -0.444 e. The van der Waals surface area contributed by atoms with Crippen molar-refractivity contribution < 1.29 is 37.5 Å². The topological polar surface area (TPSA) is 158 Å². The molecule has 2 atom stereocenters. The van der Waals surface area contributed by atoms with Crippen LogP contribution >= 0.6 is 0 Å². The first-order valence-corrected chi connectivity index (χ1v) is 16.1. The number of non-ortho nitro benzene ring substituents is 1. The quantitative estimate of drug-likeness (QED) is 0.223. The lowest BCUT2D eigenvalue weighted by atomic mass is 9.86. The number of nitro benzene ring substituents is 1. The maximum atomic E-state index is 14.1. The monoisotopic (exact) mass is 635 g/mol. The van der Waals surface area contributed by atoms with Crippen molar-refractivity contribution in [2.75, 3.05) is 26.3 Å². The van der Waals surface area contributed by atoms with Gasteiger partial charge in [-0.05, 0) is 57.6 Å². The van der Waals surface area contributed by atoms with Crippen LogP contribution in [0, 0.1) is 15.5 Å². The fourth-order valence-corrected chi connectivity index (χ4v) is 6.61. The molecule has 1 heterocycles. The van der Waals surface area contributed by atoms with Crippen molar-refractivity contribution in [2.45, 2.75) is 89.2 Å². The van der Waals surface area contributed by atoms with E-state index in [1.165, 1.54) is 18.2 Å². The zero-order chi connectivity index (χ0) is 32.8. The van der Waals surface area contributed by atoms with Gasteiger partial charge in [0.15, 0.2) is 5.79 Å². The Morgan fingerprint density at radius 3 is 2.34 bits per heavy atom. The number of alkyl carbamates (subject to hydrolysis) is 1. The minimum absolute atomic E-state index is 0.0321. The van der Waals surface area contributed by atoms with Crippen molar-refractivity contribution in [1.29, 1.82) is 0 Å². The summed E-state index contributed by atoms with van der Waals surface area (Å²) in [6.45, 7) is 11.3. The maximum absolute atomic E-state index is 14.1. The fraction of sp³-hybridized carbons (Fsp3) is 0.581. The number of nitrogens with one attached hydrogen (secondary N) is 1. The van der Waals surface area contributed by atoms with Crippen molar-refractivity contribution in [3.05, 3.63) is 70.3 Å². The van der Waals surface area contributed by atoms with E-state index in [1.807, 2.05) is 51.1 Å². The van der Waals surface area contributed by atoms with Crippen molar-refractivity contribution >= 4 is 21.8 Å². The Morgan fingerprint density at radius 1 is 1.11 bits per heavy atom. The third kappa shape index (κ3) is 10.5. The average Bonchev–Trinajstić information content (AvgIpc) is 3.37. The van der Waals surface area contributed by atoms with Gasteiger partial charge in [-0.15, -0.1) is 0 Å². The maximum Gasteiger partial charge on any atom is 0.407 e. The summed E-state index contributed by atoms with van der Waals surface area (Å²) in [5.74, 6) is -0.779. The highest BCUT2D eigenvalue weighted by Crippen LogP contribution is 2.34. The van der Waals surface area contributed by atoms with Gasteiger partial charge >= 0.3 is 6.09 Å². The number of aliphatic hydroxyl groups is 1. The molecular weight excluding hydrogens is 590 g/mol. The van der Waals surface area contributed by atoms with Crippen molar-refractivity contribution in [1.82, 2.24) is 9.62 Å². The second-order valence-corrected chi connectivity index (χ2v) is 15.0. The first-order valence-electron chi connectivity index (χ1n) is 14.6. The normalized spacial score (nSPS) is 16.8. The summed E-state index contributed by atoms with van der Waals surface area (Å²) in [5, 5.41) is 25.7. The van der Waals surface area contributed by atoms with Gasteiger partial charge in [-0.2, -0.15) is 4.31 Å². The zero-order valence-corrected chi connectivity index (χ0v) is 27.1. The van der Waals surface area contributed by atoms with Crippen LogP contribution in [0.3, 0.4) is 0 Å². The molecule has 0 aliphatic carbocycles. The standard InChI is InChI=1S/C31H45N3O9S/c1-29(2,3)43-28(36)32-26(19-23-11-8-7-9-12-23)27(35)21-33(22-30(4,5)15-16-31(6)41-17-18-42-31)44(39,40)25-14-10-13-24(20-25)34(37)38/h7-14,20,26-27,35H,15-19,21-22H2,1-6H3,(H,32,36)/t26-,27?/m0/s1. The molecule has 0 aromatic heterocycles. The predicted molar refractivity (Wildman–Crippen MR) is 164 cm³/mol. The molecule has 0 spiro atoms. The number of rotatable bonds is 14. The summed E-state index contributed by atoms with van der Waals surface area (Å²) in [6, 6.07) is 13.1. The van der Waals surface area contributed by atoms with Gasteiger partial charge in [0, 0.05) is 31.6 Å². The number of hydrogen-bond acceptors (Lipinski definition) is 9. The Kier molecular flexibility index (Phi) is 11.5. The lowest BCUT2D eigenvalue weighted by molar-refractivity contribution is -0.385. The van der Waals surface area contributed by atoms with Crippen LogP contribution in [0.4, 0.5) is 10.5 Å². The van der Waals surface area contributed by atoms with E-state index in [9.17, 15) is 28.4 Å². The van der Waals surface area contributed by atoms with Gasteiger partial charge in [-0.3, -0.25) is 10.1 Å². The number of carbonyl (C=O) groups is 1. The van der Waals surface area contributed by atoms with Crippen LogP contribution in [0.15, 0.2) is 59.5 Å². The Labute approximate surface area is 259 Å². The molecule has 1 unspecified atom stereocenters. The SMILES string of the molecule is CC(C)(CCC1(C)OCCO1)CN(CC(O)[C@H](Cc1ccccc1)NC(=O)OC(C)(C)C)S(=O)(=O)c1cccc([N+](=O)[O-])c1. The van der Waals surface area contributed by atoms with Crippen LogP contribution in [-0.2, 0) is 30.7 Å². The van der Waals surface area contributed by atoms with Crippen LogP contribution in [0.2, 0.25) is 0 Å². The van der Waals surface area contributed by atoms with E-state index in [0.717, 1.165) is 15.9 Å². The Hall–Kier alpha value is -3.10. The first-order chi connectivity index (χ1) is 20.4. The highest BCUT2D eigenvalue weighted by Gasteiger charge is 2.38. The van der Waals surface area contributed by atoms with Crippen LogP contribution < -0.4 is 5.32 Å². The molecular formula is C31H45N3O9S. The molecule has 12 nitrogen and oxygen atoms in total. The Morgan fingerprint density at radius 2 is 1.75 bits per heavy atom. The Bertz CT molecular complexity index is 1370. The molecule has 2 aromatic carbocycles. The smallest absolute Gasteiger partial charge is 0.407 e. The molecule has 0 bridgehead atoms. The molecule has 1 fully saturated rings. The average molecular weight is 636 g/mol. The first kappa shape index (κ1) is 35.4. The van der Waals surface area contributed by atoms with Gasteiger partial charge in [-0.1, -0.05) is 50.2 Å². The summed E-state index contributed by atoms with van der Waals surface area (Å²) in [7, 11) is -4.34. The van der Waals surface area contributed by atoms with Gasteiger partial charge in [0.05, 0.1) is 35.2 Å². The minimum atomic E-state index is -4.34. The van der Waals surface area contributed by atoms with Gasteiger partial charge in [0.1, 0.15) is 5.60 Å². The number of hydrogen-bond donors (Lipinski definition) is 2. The van der Waals surface area contributed by atoms with Gasteiger partial charge < -0.3 is 24.6 Å². The third-order valence-electron chi connectivity index (χ3n) is 7.28. The number of nitrogens with zero attached hydrogens (tertiary/aromatic N) is 2. The lowest BCUT2D eigenvalue weighted by Gasteiger charge is -2.36. The van der Waals surface area contributed by atoms with Crippen molar-refractivity contribution in [2.24, 2.45) is 5.41 Å². The fourth-order valence-electron chi connectivity index (χ4n) is 4.92. The molecule has 1 saturated heterocycles. The summed E-state index contributed by atoms with van der Waals surface area (Å²) >= 11 is 0. The molecule has 1 amide bonds. The highest BCUT2D eigenvalue weighted by molar-refractivity contribution is 7.89. The van der Waals surface area contributed by atoms with E-state index in [4.69, 9.17) is 14.2 Å². The zero-order valence-electron chi connectivity index (χ0n) is 26.3. The van der Waals surface area contributed by atoms with Gasteiger partial charge in [0.2, 0.25) is 10.0 Å². The number of aliphatic hydroxyl groups excluding tert-OH is 1. The van der Waals surface area contributed by atoms with Crippen LogP contribution in [0.25, 0.3) is 0 Å². The summed E-state index contributed by atoms with van der Waals surface area (Å²) in [6.07, 6.45) is -0.905. The number of nitro groups is 1. The van der Waals surface area contributed by atoms with Crippen molar-refractivity contribution in [3.63, 3.8) is 0 Å². The van der Waals surface area contributed by atoms with Gasteiger partial charge in [0.25, 0.3) is 5.69 Å². The largest absolute Gasteiger partial charge is 0.444 e. The van der Waals surface area contributed by atoms with E-state index < -0.39 is 56.5 Å². The molecule has 13 heteroatoms. The molecule has 2 N–H and O–H groups in total. The highest BCUT2D eigenvalue weighted by atomic mass is 32.2. The second-order valence-electron chi connectivity index (χ2n) is 13.1. The molecule has 1 aliphatic rings. The van der Waals surface area contributed by atoms with E-state index in [0.29, 0.717) is 26.1 Å². The summed E-state index contributed by atoms with van der Waals surface area (Å²) < 4.78 is 46.1. The van der Waals surface area contributed by atoms with Crippen LogP contribution in [-0.4, -0.2) is 78.7 Å². The predicted octanol–water partition coefficient (Wildman–Crippen LogP) is 4.65. The van der Waals surface area contributed by atoms with E-state index in [-0.39, 0.29) is 23.5 Å². The molecule has 0 saturated carbocycles. The molecule has 0 radical (unpaired) electrons. The molecule has 2 aromatic rings. The van der Waals surface area contributed by atoms with E-state index >= 15 is 0 Å². The Balaban J connectivity index is 1.94. The third-order valence-corrected chi connectivity index (χ3v) is 9.09. The molecule has 44 heavy (non-hydrogen) atoms. The van der Waals surface area contributed by atoms with Crippen molar-refractivity contribution in [3.8, 4) is 0 Å². The molecule has 244 valence electrons. The summed E-state index contributed by atoms with van der Waals surface area (Å²) in [5.41, 5.74) is -0.982. The molecule has 3 rings (SSSR count). The number of carbonyl (C=O) groups excluding carboxylic acids is 1. The van der Waals surface area contributed by atoms with Crippen LogP contribution in [0.5, 0.6) is 0 Å². The molecule has 1 aliphatic heterocycles. The second kappa shape index (κ2) is 14.3. The summed E-state index contributed by atoms with van der Waals surface area (Å²) in [4.78, 5) is 23.3. The number of sulfonamides is 1. The number of amides is 1. The van der Waals surface area contributed by atoms with Crippen LogP contribution in [0.1, 0.15) is 59.9 Å². The van der Waals surface area contributed by atoms with E-state index in [1.54, 1.807) is 20.8 Å². The number of benzene rings is 2. The van der Waals surface area contributed by atoms with Gasteiger partial charge in [-0.25, -0.2) is 13.2 Å². The number of ether oxygens (including phenoxy) is 3. The van der Waals surface area contributed by atoms with E-state index in [2.05, 4.69) is 5.32 Å².